The van der Waals surface area contributed by atoms with Crippen molar-refractivity contribution in [3.05, 3.63) is 41.5 Å². The fourth-order valence-electron chi connectivity index (χ4n) is 5.57. The largest absolute Gasteiger partial charge is 0.493 e. The molecule has 3 unspecified atom stereocenters. The lowest BCUT2D eigenvalue weighted by Gasteiger charge is -2.42. The highest BCUT2D eigenvalue weighted by atomic mass is 16.6. The first kappa shape index (κ1) is 26.7. The maximum Gasteiger partial charge on any atom is 0.331 e. The van der Waals surface area contributed by atoms with Crippen LogP contribution in [-0.2, 0) is 23.7 Å². The Labute approximate surface area is 214 Å². The highest BCUT2D eigenvalue weighted by molar-refractivity contribution is 5.87. The minimum Gasteiger partial charge on any atom is -0.493 e. The molecule has 198 valence electrons. The van der Waals surface area contributed by atoms with Crippen LogP contribution in [0.1, 0.15) is 59.4 Å². The molecule has 1 saturated carbocycles. The lowest BCUT2D eigenvalue weighted by molar-refractivity contribution is -0.166. The lowest BCUT2D eigenvalue weighted by atomic mass is 9.68. The highest BCUT2D eigenvalue weighted by Gasteiger charge is 2.72. The number of hydrogen-bond acceptors (Lipinski definition) is 7. The van der Waals surface area contributed by atoms with Gasteiger partial charge in [0.15, 0.2) is 11.5 Å². The number of esters is 1. The molecule has 36 heavy (non-hydrogen) atoms. The van der Waals surface area contributed by atoms with Crippen molar-refractivity contribution < 1.29 is 33.2 Å². The molecule has 1 aromatic rings. The van der Waals surface area contributed by atoms with E-state index in [2.05, 4.69) is 26.8 Å². The van der Waals surface area contributed by atoms with Gasteiger partial charge in [0, 0.05) is 13.2 Å². The summed E-state index contributed by atoms with van der Waals surface area (Å²) in [5.41, 5.74) is 1.49. The average Bonchev–Trinajstić information content (AvgIpc) is 3.74. The third-order valence-electron chi connectivity index (χ3n) is 7.47. The van der Waals surface area contributed by atoms with Crippen molar-refractivity contribution in [2.75, 3.05) is 20.8 Å². The van der Waals surface area contributed by atoms with E-state index < -0.39 is 5.97 Å². The zero-order valence-corrected chi connectivity index (χ0v) is 22.5. The molecule has 1 aromatic carbocycles. The minimum absolute atomic E-state index is 0.00146. The van der Waals surface area contributed by atoms with Crippen LogP contribution < -0.4 is 9.47 Å². The Hall–Kier alpha value is -2.35. The van der Waals surface area contributed by atoms with Crippen molar-refractivity contribution >= 4 is 12.0 Å². The summed E-state index contributed by atoms with van der Waals surface area (Å²) < 4.78 is 35.3. The molecule has 2 heterocycles. The van der Waals surface area contributed by atoms with Gasteiger partial charge in [-0.15, -0.1) is 0 Å². The first-order valence-corrected chi connectivity index (χ1v) is 12.8. The maximum absolute atomic E-state index is 12.8. The van der Waals surface area contributed by atoms with Gasteiger partial charge in [-0.1, -0.05) is 17.7 Å². The molecule has 1 spiro atoms. The molecule has 2 aliphatic heterocycles. The summed E-state index contributed by atoms with van der Waals surface area (Å²) >= 11 is 0. The molecule has 2 saturated heterocycles. The smallest absolute Gasteiger partial charge is 0.331 e. The molecular formula is C29H40O7. The van der Waals surface area contributed by atoms with Crippen LogP contribution >= 0.6 is 0 Å². The fraction of sp³-hybridized carbons (Fsp3) is 0.621. The number of methoxy groups -OCH3 is 2. The number of epoxide rings is 2. The summed E-state index contributed by atoms with van der Waals surface area (Å²) in [5.74, 6) is 0.874. The van der Waals surface area contributed by atoms with Crippen LogP contribution in [-0.4, -0.2) is 62.4 Å². The molecular weight excluding hydrogens is 460 g/mol. The van der Waals surface area contributed by atoms with Gasteiger partial charge in [-0.25, -0.2) is 4.79 Å². The summed E-state index contributed by atoms with van der Waals surface area (Å²) in [6.45, 7) is 10.9. The van der Waals surface area contributed by atoms with E-state index in [4.69, 9.17) is 28.4 Å². The van der Waals surface area contributed by atoms with E-state index in [0.717, 1.165) is 18.4 Å². The van der Waals surface area contributed by atoms with E-state index in [9.17, 15) is 4.79 Å². The third kappa shape index (κ3) is 5.63. The summed E-state index contributed by atoms with van der Waals surface area (Å²) in [4.78, 5) is 12.8. The molecule has 3 aliphatic rings. The Morgan fingerprint density at radius 3 is 2.58 bits per heavy atom. The van der Waals surface area contributed by atoms with Gasteiger partial charge in [0.1, 0.15) is 23.4 Å². The average molecular weight is 501 g/mol. The zero-order chi connectivity index (χ0) is 26.1. The van der Waals surface area contributed by atoms with E-state index in [-0.39, 0.29) is 41.5 Å². The van der Waals surface area contributed by atoms with Crippen LogP contribution in [0.15, 0.2) is 35.9 Å². The molecule has 0 N–H and O–H groups in total. The van der Waals surface area contributed by atoms with Gasteiger partial charge in [0.05, 0.1) is 31.8 Å². The van der Waals surface area contributed by atoms with Crippen LogP contribution in [0.4, 0.5) is 0 Å². The number of carbonyl (C=O) groups is 1. The Bertz CT molecular complexity index is 1000. The van der Waals surface area contributed by atoms with Crippen LogP contribution in [0, 0.1) is 5.92 Å². The van der Waals surface area contributed by atoms with Crippen molar-refractivity contribution in [3.8, 4) is 11.5 Å². The highest BCUT2D eigenvalue weighted by Crippen LogP contribution is 2.59. The van der Waals surface area contributed by atoms with Crippen molar-refractivity contribution in [1.82, 2.24) is 0 Å². The van der Waals surface area contributed by atoms with Crippen molar-refractivity contribution in [1.29, 1.82) is 0 Å². The van der Waals surface area contributed by atoms with E-state index in [0.29, 0.717) is 24.5 Å². The van der Waals surface area contributed by atoms with Crippen molar-refractivity contribution in [3.63, 3.8) is 0 Å². The molecule has 0 bridgehead atoms. The van der Waals surface area contributed by atoms with Crippen molar-refractivity contribution in [2.45, 2.75) is 89.5 Å². The van der Waals surface area contributed by atoms with Gasteiger partial charge in [-0.2, -0.15) is 0 Å². The monoisotopic (exact) mass is 500 g/mol. The van der Waals surface area contributed by atoms with Crippen molar-refractivity contribution in [2.24, 2.45) is 5.92 Å². The predicted molar refractivity (Wildman–Crippen MR) is 137 cm³/mol. The molecule has 3 fully saturated rings. The first-order valence-electron chi connectivity index (χ1n) is 12.8. The number of ether oxygens (including phenoxy) is 6. The quantitative estimate of drug-likeness (QED) is 0.191. The lowest BCUT2D eigenvalue weighted by Crippen LogP contribution is -2.55. The van der Waals surface area contributed by atoms with Crippen LogP contribution in [0.3, 0.4) is 0 Å². The topological polar surface area (TPSA) is 79.1 Å². The number of hydrogen-bond donors (Lipinski definition) is 0. The molecule has 0 amide bonds. The number of carbonyl (C=O) groups excluding carboxylic acids is 1. The van der Waals surface area contributed by atoms with Gasteiger partial charge in [-0.3, -0.25) is 0 Å². The van der Waals surface area contributed by atoms with Crippen LogP contribution in [0.25, 0.3) is 6.08 Å². The number of rotatable bonds is 10. The molecule has 7 heteroatoms. The Morgan fingerprint density at radius 1 is 1.22 bits per heavy atom. The SMILES string of the molecule is COc1ccc(/C=C/C(=O)O[C@@H]2CCC3(CO3)C(C3(C)O[C@H]3CC=C(C)C)[C@@H]2OC)cc1OC(C)C. The van der Waals surface area contributed by atoms with Gasteiger partial charge in [0.2, 0.25) is 0 Å². The van der Waals surface area contributed by atoms with Gasteiger partial charge < -0.3 is 28.4 Å². The van der Waals surface area contributed by atoms with E-state index in [1.165, 1.54) is 11.6 Å². The molecule has 0 radical (unpaired) electrons. The Balaban J connectivity index is 1.44. The number of benzene rings is 1. The zero-order valence-electron chi connectivity index (χ0n) is 22.5. The van der Waals surface area contributed by atoms with Gasteiger partial charge in [0.25, 0.3) is 0 Å². The van der Waals surface area contributed by atoms with Crippen LogP contribution in [0.2, 0.25) is 0 Å². The second kappa shape index (κ2) is 10.6. The maximum atomic E-state index is 12.8. The molecule has 4 rings (SSSR count). The Morgan fingerprint density at radius 2 is 1.97 bits per heavy atom. The first-order chi connectivity index (χ1) is 17.1. The summed E-state index contributed by atoms with van der Waals surface area (Å²) in [5, 5.41) is 0. The van der Waals surface area contributed by atoms with Gasteiger partial charge in [-0.05, 0) is 77.7 Å². The molecule has 6 atom stereocenters. The normalized spacial score (nSPS) is 33.0. The Kier molecular flexibility index (Phi) is 7.83. The molecule has 7 nitrogen and oxygen atoms in total. The van der Waals surface area contributed by atoms with E-state index in [1.807, 2.05) is 32.0 Å². The fourth-order valence-corrected chi connectivity index (χ4v) is 5.57. The van der Waals surface area contributed by atoms with Gasteiger partial charge >= 0.3 is 5.97 Å². The summed E-state index contributed by atoms with van der Waals surface area (Å²) in [6.07, 6.45) is 7.21. The van der Waals surface area contributed by atoms with E-state index in [1.54, 1.807) is 20.3 Å². The summed E-state index contributed by atoms with van der Waals surface area (Å²) in [6, 6.07) is 5.55. The van der Waals surface area contributed by atoms with E-state index >= 15 is 0 Å². The molecule has 1 aliphatic carbocycles. The second-order valence-electron chi connectivity index (χ2n) is 10.8. The number of allylic oxidation sites excluding steroid dienone is 1. The standard InChI is InChI=1S/C29H40O7/c1-18(2)8-12-24-28(5,36-24)27-26(32-7)22(14-15-29(27)17-33-29)35-25(30)13-10-20-9-11-21(31-6)23(16-20)34-19(3)4/h8-11,13,16,19,22,24,26-27H,12,14-15,17H2,1-7H3/b13-10+/t22-,24+,26-,27?,28?,29?/m1/s1. The third-order valence-corrected chi connectivity index (χ3v) is 7.47. The van der Waals surface area contributed by atoms with Crippen LogP contribution in [0.5, 0.6) is 11.5 Å². The predicted octanol–water partition coefficient (Wildman–Crippen LogP) is 5.12. The second-order valence-corrected chi connectivity index (χ2v) is 10.8. The summed E-state index contributed by atoms with van der Waals surface area (Å²) in [7, 11) is 3.28. The minimum atomic E-state index is -0.404. The molecule has 0 aromatic heterocycles.